The van der Waals surface area contributed by atoms with Gasteiger partial charge in [0.2, 0.25) is 0 Å². The molecule has 33 heavy (non-hydrogen) atoms. The van der Waals surface area contributed by atoms with E-state index in [1.165, 1.54) is 5.69 Å². The number of nitrogens with zero attached hydrogens (tertiary/aromatic N) is 3. The molecule has 0 bridgehead atoms. The lowest BCUT2D eigenvalue weighted by molar-refractivity contribution is 0.0696. The average Bonchev–Trinajstić information content (AvgIpc) is 3.36. The number of anilines is 1. The van der Waals surface area contributed by atoms with Crippen LogP contribution in [0.3, 0.4) is 0 Å². The molecule has 5 rings (SSSR count). The maximum atomic E-state index is 12.7. The van der Waals surface area contributed by atoms with Crippen LogP contribution in [0.1, 0.15) is 23.2 Å². The Morgan fingerprint density at radius 2 is 1.76 bits per heavy atom. The van der Waals surface area contributed by atoms with Crippen molar-refractivity contribution >= 4 is 11.6 Å². The van der Waals surface area contributed by atoms with Gasteiger partial charge in [-0.05, 0) is 55.8 Å². The van der Waals surface area contributed by atoms with E-state index in [9.17, 15) is 4.79 Å². The zero-order valence-corrected chi connectivity index (χ0v) is 19.1. The van der Waals surface area contributed by atoms with Gasteiger partial charge in [0.05, 0.1) is 11.4 Å². The normalized spacial score (nSPS) is 17.8. The fraction of sp³-hybridized carbons (Fsp3) is 0.385. The molecule has 7 heteroatoms. The van der Waals surface area contributed by atoms with Gasteiger partial charge in [-0.15, -0.1) is 0 Å². The average molecular weight is 446 g/mol. The van der Waals surface area contributed by atoms with Gasteiger partial charge in [0.15, 0.2) is 0 Å². The number of ether oxygens (including phenoxy) is 1. The lowest BCUT2D eigenvalue weighted by atomic mass is 10.0. The summed E-state index contributed by atoms with van der Waals surface area (Å²) in [5.41, 5.74) is 5.72. The third kappa shape index (κ3) is 5.10. The highest BCUT2D eigenvalue weighted by molar-refractivity contribution is 5.95. The van der Waals surface area contributed by atoms with Crippen LogP contribution >= 0.6 is 0 Å². The number of aromatic nitrogens is 2. The predicted molar refractivity (Wildman–Crippen MR) is 130 cm³/mol. The molecular weight excluding hydrogens is 414 g/mol. The van der Waals surface area contributed by atoms with Crippen LogP contribution in [0, 0.1) is 0 Å². The summed E-state index contributed by atoms with van der Waals surface area (Å²) in [6.07, 6.45) is 1.73. The molecule has 1 aromatic heterocycles. The van der Waals surface area contributed by atoms with E-state index < -0.39 is 0 Å². The molecule has 2 aliphatic rings. The fourth-order valence-electron chi connectivity index (χ4n) is 4.46. The highest BCUT2D eigenvalue weighted by Crippen LogP contribution is 2.27. The maximum Gasteiger partial charge on any atom is 0.251 e. The number of piperazine rings is 1. The monoisotopic (exact) mass is 445 g/mol. The molecule has 0 aliphatic carbocycles. The minimum atomic E-state index is -0.0426. The van der Waals surface area contributed by atoms with E-state index in [-0.39, 0.29) is 11.9 Å². The van der Waals surface area contributed by atoms with E-state index in [4.69, 9.17) is 4.74 Å². The van der Waals surface area contributed by atoms with Gasteiger partial charge in [-0.25, -0.2) is 0 Å². The van der Waals surface area contributed by atoms with Crippen molar-refractivity contribution in [1.29, 1.82) is 0 Å². The zero-order chi connectivity index (χ0) is 22.6. The Hall–Kier alpha value is -3.16. The summed E-state index contributed by atoms with van der Waals surface area (Å²) < 4.78 is 5.38. The number of likely N-dealkylation sites (N-methyl/N-ethyl adjacent to an activating group) is 1. The second-order valence-electron chi connectivity index (χ2n) is 8.94. The Morgan fingerprint density at radius 1 is 1.00 bits per heavy atom. The summed E-state index contributed by atoms with van der Waals surface area (Å²) in [6, 6.07) is 18.5. The summed E-state index contributed by atoms with van der Waals surface area (Å²) >= 11 is 0. The number of amides is 1. The SMILES string of the molecule is CN1CCN(c2ccc(-c3cc(-c4cccc(C(=O)NC5CCOCC5)c4)n[nH]3)cc2)CC1. The number of nitrogens with one attached hydrogen (secondary N) is 2. The first-order valence-corrected chi connectivity index (χ1v) is 11.7. The van der Waals surface area contributed by atoms with E-state index in [2.05, 4.69) is 56.6 Å². The van der Waals surface area contributed by atoms with Crippen molar-refractivity contribution in [2.75, 3.05) is 51.3 Å². The highest BCUT2D eigenvalue weighted by atomic mass is 16.5. The maximum absolute atomic E-state index is 12.7. The molecule has 0 unspecified atom stereocenters. The van der Waals surface area contributed by atoms with Crippen molar-refractivity contribution in [3.05, 3.63) is 60.2 Å². The lowest BCUT2D eigenvalue weighted by Gasteiger charge is -2.34. The number of H-pyrrole nitrogens is 1. The van der Waals surface area contributed by atoms with Crippen LogP contribution in [0.2, 0.25) is 0 Å². The fourth-order valence-corrected chi connectivity index (χ4v) is 4.46. The number of carbonyl (C=O) groups excluding carboxylic acids is 1. The van der Waals surface area contributed by atoms with Gasteiger partial charge in [0, 0.05) is 62.2 Å². The Kier molecular flexibility index (Phi) is 6.41. The minimum Gasteiger partial charge on any atom is -0.381 e. The van der Waals surface area contributed by atoms with Gasteiger partial charge in [-0.2, -0.15) is 5.10 Å². The molecule has 0 atom stereocenters. The largest absolute Gasteiger partial charge is 0.381 e. The first-order chi connectivity index (χ1) is 16.2. The molecule has 2 aromatic carbocycles. The number of hydrogen-bond acceptors (Lipinski definition) is 5. The van der Waals surface area contributed by atoms with Crippen LogP contribution in [0.15, 0.2) is 54.6 Å². The van der Waals surface area contributed by atoms with Crippen molar-refractivity contribution in [3.8, 4) is 22.5 Å². The van der Waals surface area contributed by atoms with Crippen molar-refractivity contribution in [2.24, 2.45) is 0 Å². The van der Waals surface area contributed by atoms with Gasteiger partial charge in [-0.3, -0.25) is 9.89 Å². The van der Waals surface area contributed by atoms with Crippen LogP contribution in [-0.2, 0) is 4.74 Å². The molecule has 172 valence electrons. The standard InChI is InChI=1S/C26H31N5O2/c1-30-11-13-31(14-12-30)23-7-5-19(6-8-23)24-18-25(29-28-24)20-3-2-4-21(17-20)26(32)27-22-9-15-33-16-10-22/h2-8,17-18,22H,9-16H2,1H3,(H,27,32)(H,28,29). The highest BCUT2D eigenvalue weighted by Gasteiger charge is 2.18. The van der Waals surface area contributed by atoms with Gasteiger partial charge < -0.3 is 19.9 Å². The molecule has 2 aliphatic heterocycles. The van der Waals surface area contributed by atoms with Crippen LogP contribution < -0.4 is 10.2 Å². The number of rotatable bonds is 5. The van der Waals surface area contributed by atoms with Gasteiger partial charge >= 0.3 is 0 Å². The number of hydrogen-bond donors (Lipinski definition) is 2. The van der Waals surface area contributed by atoms with Crippen LogP contribution in [0.4, 0.5) is 5.69 Å². The molecule has 1 amide bonds. The zero-order valence-electron chi connectivity index (χ0n) is 19.1. The molecule has 2 fully saturated rings. The molecule has 3 heterocycles. The van der Waals surface area contributed by atoms with Crippen LogP contribution in [0.25, 0.3) is 22.5 Å². The molecule has 3 aromatic rings. The van der Waals surface area contributed by atoms with E-state index in [0.717, 1.165) is 61.5 Å². The van der Waals surface area contributed by atoms with E-state index in [0.29, 0.717) is 18.8 Å². The first kappa shape index (κ1) is 21.7. The number of benzene rings is 2. The smallest absolute Gasteiger partial charge is 0.251 e. The van der Waals surface area contributed by atoms with Gasteiger partial charge in [0.1, 0.15) is 0 Å². The topological polar surface area (TPSA) is 73.5 Å². The quantitative estimate of drug-likeness (QED) is 0.630. The van der Waals surface area contributed by atoms with Crippen molar-refractivity contribution in [3.63, 3.8) is 0 Å². The molecular formula is C26H31N5O2. The summed E-state index contributed by atoms with van der Waals surface area (Å²) in [6.45, 7) is 5.72. The second kappa shape index (κ2) is 9.77. The van der Waals surface area contributed by atoms with Crippen molar-refractivity contribution in [1.82, 2.24) is 20.4 Å². The summed E-state index contributed by atoms with van der Waals surface area (Å²) in [5, 5.41) is 10.8. The summed E-state index contributed by atoms with van der Waals surface area (Å²) in [7, 11) is 2.17. The van der Waals surface area contributed by atoms with Gasteiger partial charge in [-0.1, -0.05) is 24.3 Å². The third-order valence-corrected chi connectivity index (χ3v) is 6.60. The second-order valence-corrected chi connectivity index (χ2v) is 8.94. The molecule has 0 radical (unpaired) electrons. The van der Waals surface area contributed by atoms with E-state index in [1.54, 1.807) is 0 Å². The first-order valence-electron chi connectivity index (χ1n) is 11.7. The summed E-state index contributed by atoms with van der Waals surface area (Å²) in [4.78, 5) is 17.5. The molecule has 0 spiro atoms. The lowest BCUT2D eigenvalue weighted by Crippen LogP contribution is -2.44. The van der Waals surface area contributed by atoms with Crippen molar-refractivity contribution in [2.45, 2.75) is 18.9 Å². The van der Waals surface area contributed by atoms with Gasteiger partial charge in [0.25, 0.3) is 5.91 Å². The van der Waals surface area contributed by atoms with Crippen LogP contribution in [0.5, 0.6) is 0 Å². The number of carbonyl (C=O) groups is 1. The molecule has 0 saturated carbocycles. The third-order valence-electron chi connectivity index (χ3n) is 6.60. The van der Waals surface area contributed by atoms with E-state index in [1.807, 2.05) is 30.3 Å². The Balaban J connectivity index is 1.27. The number of aromatic amines is 1. The Bertz CT molecular complexity index is 1080. The molecule has 2 saturated heterocycles. The molecule has 2 N–H and O–H groups in total. The minimum absolute atomic E-state index is 0.0426. The molecule has 7 nitrogen and oxygen atoms in total. The van der Waals surface area contributed by atoms with E-state index >= 15 is 0 Å². The summed E-state index contributed by atoms with van der Waals surface area (Å²) in [5.74, 6) is -0.0426. The Labute approximate surface area is 194 Å². The Morgan fingerprint density at radius 3 is 2.52 bits per heavy atom. The van der Waals surface area contributed by atoms with Crippen LogP contribution in [-0.4, -0.2) is 73.5 Å². The predicted octanol–water partition coefficient (Wildman–Crippen LogP) is 3.40. The van der Waals surface area contributed by atoms with Crippen molar-refractivity contribution < 1.29 is 9.53 Å².